The smallest absolute Gasteiger partial charge is 0.339 e. The molecular weight excluding hydrogens is 340 g/mol. The summed E-state index contributed by atoms with van der Waals surface area (Å²) in [5.41, 5.74) is 3.15. The molecule has 0 N–H and O–H groups in total. The highest BCUT2D eigenvalue weighted by molar-refractivity contribution is 5.93. The molecule has 0 radical (unpaired) electrons. The molecule has 1 aromatic heterocycles. The van der Waals surface area contributed by atoms with Crippen molar-refractivity contribution in [2.24, 2.45) is 5.92 Å². The van der Waals surface area contributed by atoms with E-state index in [2.05, 4.69) is 6.92 Å². The Morgan fingerprint density at radius 1 is 1.15 bits per heavy atom. The zero-order valence-corrected chi connectivity index (χ0v) is 16.4. The molecular formula is C22H28N2O3. The number of carbonyl (C=O) groups is 2. The first-order valence-electron chi connectivity index (χ1n) is 9.71. The van der Waals surface area contributed by atoms with E-state index in [-0.39, 0.29) is 18.4 Å². The van der Waals surface area contributed by atoms with E-state index in [4.69, 9.17) is 4.74 Å². The van der Waals surface area contributed by atoms with E-state index in [1.165, 1.54) is 0 Å². The number of aromatic nitrogens is 1. The van der Waals surface area contributed by atoms with Gasteiger partial charge < -0.3 is 14.2 Å². The summed E-state index contributed by atoms with van der Waals surface area (Å²) >= 11 is 0. The molecule has 0 unspecified atom stereocenters. The SMILES string of the molecule is CCOC(=O)c1cc(-c2ccccc2)n(CC(=O)N2CCC(C)CC2)c1C. The number of hydrogen-bond donors (Lipinski definition) is 0. The minimum atomic E-state index is -0.342. The van der Waals surface area contributed by atoms with Crippen molar-refractivity contribution in [1.82, 2.24) is 9.47 Å². The van der Waals surface area contributed by atoms with E-state index < -0.39 is 0 Å². The summed E-state index contributed by atoms with van der Waals surface area (Å²) < 4.78 is 7.14. The van der Waals surface area contributed by atoms with Crippen molar-refractivity contribution in [1.29, 1.82) is 0 Å². The van der Waals surface area contributed by atoms with Crippen molar-refractivity contribution in [3.63, 3.8) is 0 Å². The van der Waals surface area contributed by atoms with Crippen LogP contribution in [0.2, 0.25) is 0 Å². The monoisotopic (exact) mass is 368 g/mol. The Kier molecular flexibility index (Phi) is 5.99. The van der Waals surface area contributed by atoms with E-state index in [0.29, 0.717) is 18.1 Å². The van der Waals surface area contributed by atoms with Crippen LogP contribution >= 0.6 is 0 Å². The first-order valence-corrected chi connectivity index (χ1v) is 9.71. The summed E-state index contributed by atoms with van der Waals surface area (Å²) in [7, 11) is 0. The fourth-order valence-electron chi connectivity index (χ4n) is 3.61. The first kappa shape index (κ1) is 19.2. The molecule has 0 spiro atoms. The molecule has 1 aliphatic rings. The van der Waals surface area contributed by atoms with Gasteiger partial charge in [0.15, 0.2) is 0 Å². The lowest BCUT2D eigenvalue weighted by molar-refractivity contribution is -0.133. The largest absolute Gasteiger partial charge is 0.462 e. The third-order valence-electron chi connectivity index (χ3n) is 5.36. The summed E-state index contributed by atoms with van der Waals surface area (Å²) in [6.07, 6.45) is 2.10. The number of carbonyl (C=O) groups excluding carboxylic acids is 2. The lowest BCUT2D eigenvalue weighted by atomic mass is 9.99. The second-order valence-corrected chi connectivity index (χ2v) is 7.26. The molecule has 27 heavy (non-hydrogen) atoms. The molecule has 1 aromatic carbocycles. The van der Waals surface area contributed by atoms with Crippen LogP contribution in [0.1, 0.15) is 42.7 Å². The van der Waals surface area contributed by atoms with Crippen LogP contribution in [0.5, 0.6) is 0 Å². The molecule has 144 valence electrons. The molecule has 0 saturated carbocycles. The highest BCUT2D eigenvalue weighted by atomic mass is 16.5. The average molecular weight is 368 g/mol. The van der Waals surface area contributed by atoms with Gasteiger partial charge in [0.2, 0.25) is 5.91 Å². The summed E-state index contributed by atoms with van der Waals surface area (Å²) in [6.45, 7) is 8.10. The lowest BCUT2D eigenvalue weighted by Crippen LogP contribution is -2.40. The van der Waals surface area contributed by atoms with Gasteiger partial charge in [-0.25, -0.2) is 4.79 Å². The summed E-state index contributed by atoms with van der Waals surface area (Å²) in [4.78, 5) is 27.2. The maximum atomic E-state index is 12.9. The molecule has 5 nitrogen and oxygen atoms in total. The predicted molar refractivity (Wildman–Crippen MR) is 106 cm³/mol. The highest BCUT2D eigenvalue weighted by Crippen LogP contribution is 2.27. The van der Waals surface area contributed by atoms with Gasteiger partial charge in [0.25, 0.3) is 0 Å². The predicted octanol–water partition coefficient (Wildman–Crippen LogP) is 3.90. The van der Waals surface area contributed by atoms with Gasteiger partial charge in [-0.1, -0.05) is 37.3 Å². The number of hydrogen-bond acceptors (Lipinski definition) is 3. The highest BCUT2D eigenvalue weighted by Gasteiger charge is 2.24. The second-order valence-electron chi connectivity index (χ2n) is 7.26. The fraction of sp³-hybridized carbons (Fsp3) is 0.455. The standard InChI is InChI=1S/C22H28N2O3/c1-4-27-22(26)19-14-20(18-8-6-5-7-9-18)24(17(19)3)15-21(25)23-12-10-16(2)11-13-23/h5-9,14,16H,4,10-13,15H2,1-3H3. The zero-order chi connectivity index (χ0) is 19.4. The van der Waals surface area contributed by atoms with Crippen LogP contribution < -0.4 is 0 Å². The minimum absolute atomic E-state index is 0.105. The summed E-state index contributed by atoms with van der Waals surface area (Å²) in [6, 6.07) is 11.7. The van der Waals surface area contributed by atoms with Crippen LogP contribution in [0.4, 0.5) is 0 Å². The number of rotatable bonds is 5. The molecule has 1 saturated heterocycles. The molecule has 1 amide bonds. The number of amides is 1. The van der Waals surface area contributed by atoms with Crippen LogP contribution in [0.25, 0.3) is 11.3 Å². The quantitative estimate of drug-likeness (QED) is 0.752. The molecule has 3 rings (SSSR count). The average Bonchev–Trinajstić information content (AvgIpc) is 3.00. The number of likely N-dealkylation sites (tertiary alicyclic amines) is 1. The second kappa shape index (κ2) is 8.42. The minimum Gasteiger partial charge on any atom is -0.462 e. The number of benzene rings is 1. The van der Waals surface area contributed by atoms with Crippen LogP contribution in [0.15, 0.2) is 36.4 Å². The van der Waals surface area contributed by atoms with E-state index >= 15 is 0 Å². The van der Waals surface area contributed by atoms with Gasteiger partial charge in [-0.2, -0.15) is 0 Å². The van der Waals surface area contributed by atoms with Crippen LogP contribution in [-0.2, 0) is 16.1 Å². The maximum Gasteiger partial charge on any atom is 0.339 e. The zero-order valence-electron chi connectivity index (χ0n) is 16.4. The van der Waals surface area contributed by atoms with E-state index in [9.17, 15) is 9.59 Å². The molecule has 1 aliphatic heterocycles. The molecule has 0 atom stereocenters. The Balaban J connectivity index is 1.92. The van der Waals surface area contributed by atoms with Crippen molar-refractivity contribution >= 4 is 11.9 Å². The third-order valence-corrected chi connectivity index (χ3v) is 5.36. The van der Waals surface area contributed by atoms with E-state index in [1.807, 2.05) is 52.8 Å². The summed E-state index contributed by atoms with van der Waals surface area (Å²) in [5, 5.41) is 0. The molecule has 2 heterocycles. The van der Waals surface area contributed by atoms with Crippen LogP contribution in [-0.4, -0.2) is 41.0 Å². The van der Waals surface area contributed by atoms with Crippen molar-refractivity contribution in [3.05, 3.63) is 47.7 Å². The van der Waals surface area contributed by atoms with E-state index in [0.717, 1.165) is 42.9 Å². The number of ether oxygens (including phenoxy) is 1. The molecule has 0 bridgehead atoms. The Hall–Kier alpha value is -2.56. The first-order chi connectivity index (χ1) is 13.0. The Bertz CT molecular complexity index is 802. The van der Waals surface area contributed by atoms with Gasteiger partial charge in [-0.05, 0) is 44.2 Å². The molecule has 2 aromatic rings. The van der Waals surface area contributed by atoms with Gasteiger partial charge in [0.05, 0.1) is 12.2 Å². The van der Waals surface area contributed by atoms with Gasteiger partial charge in [0, 0.05) is 24.5 Å². The number of piperidine rings is 1. The number of nitrogens with zero attached hydrogens (tertiary/aromatic N) is 2. The van der Waals surface area contributed by atoms with Gasteiger partial charge >= 0.3 is 5.97 Å². The van der Waals surface area contributed by atoms with E-state index in [1.54, 1.807) is 6.92 Å². The van der Waals surface area contributed by atoms with Crippen LogP contribution in [0.3, 0.4) is 0 Å². The topological polar surface area (TPSA) is 51.5 Å². The van der Waals surface area contributed by atoms with Crippen LogP contribution in [0, 0.1) is 12.8 Å². The Morgan fingerprint density at radius 3 is 2.44 bits per heavy atom. The third kappa shape index (κ3) is 4.24. The van der Waals surface area contributed by atoms with Crippen molar-refractivity contribution in [2.45, 2.75) is 40.2 Å². The number of esters is 1. The Labute approximate surface area is 160 Å². The normalized spacial score (nSPS) is 15.0. The molecule has 1 fully saturated rings. The van der Waals surface area contributed by atoms with Gasteiger partial charge in [-0.3, -0.25) is 4.79 Å². The van der Waals surface area contributed by atoms with Crippen molar-refractivity contribution < 1.29 is 14.3 Å². The lowest BCUT2D eigenvalue weighted by Gasteiger charge is -2.30. The van der Waals surface area contributed by atoms with Crippen molar-refractivity contribution in [3.8, 4) is 11.3 Å². The van der Waals surface area contributed by atoms with Gasteiger partial charge in [-0.15, -0.1) is 0 Å². The Morgan fingerprint density at radius 2 is 1.81 bits per heavy atom. The maximum absolute atomic E-state index is 12.9. The van der Waals surface area contributed by atoms with Gasteiger partial charge in [0.1, 0.15) is 6.54 Å². The molecule has 0 aliphatic carbocycles. The summed E-state index contributed by atoms with van der Waals surface area (Å²) in [5.74, 6) is 0.441. The molecule has 5 heteroatoms. The van der Waals surface area contributed by atoms with Crippen molar-refractivity contribution in [2.75, 3.05) is 19.7 Å². The fourth-order valence-corrected chi connectivity index (χ4v) is 3.61.